The van der Waals surface area contributed by atoms with Crippen molar-refractivity contribution in [2.75, 3.05) is 12.4 Å². The number of alkyl halides is 3. The first-order valence-corrected chi connectivity index (χ1v) is 7.54. The summed E-state index contributed by atoms with van der Waals surface area (Å²) >= 11 is 0. The van der Waals surface area contributed by atoms with E-state index in [0.29, 0.717) is 0 Å². The summed E-state index contributed by atoms with van der Waals surface area (Å²) in [7, 11) is 1.59. The number of nitrogens with one attached hydrogen (secondary N) is 1. The number of halogens is 3. The van der Waals surface area contributed by atoms with Crippen LogP contribution in [0.25, 0.3) is 0 Å². The molecule has 0 heterocycles. The highest BCUT2D eigenvalue weighted by molar-refractivity contribution is 6.39. The number of nitrogens with zero attached hydrogens (tertiary/aromatic N) is 1. The molecule has 1 saturated carbocycles. The van der Waals surface area contributed by atoms with Crippen molar-refractivity contribution in [3.63, 3.8) is 0 Å². The van der Waals surface area contributed by atoms with E-state index in [0.717, 1.165) is 56.4 Å². The minimum Gasteiger partial charge on any atom is -0.335 e. The zero-order valence-electron chi connectivity index (χ0n) is 12.8. The molecule has 0 spiro atoms. The maximum Gasteiger partial charge on any atom is 0.416 e. The molecule has 0 aromatic heterocycles. The van der Waals surface area contributed by atoms with E-state index in [1.165, 1.54) is 4.90 Å². The lowest BCUT2D eigenvalue weighted by molar-refractivity contribution is -0.144. The van der Waals surface area contributed by atoms with Gasteiger partial charge in [0, 0.05) is 18.8 Å². The van der Waals surface area contributed by atoms with Crippen LogP contribution in [-0.2, 0) is 15.8 Å². The molecule has 126 valence electrons. The Morgan fingerprint density at radius 1 is 1.09 bits per heavy atom. The van der Waals surface area contributed by atoms with E-state index in [4.69, 9.17) is 0 Å². The molecule has 2 amide bonds. The van der Waals surface area contributed by atoms with Gasteiger partial charge in [0.05, 0.1) is 5.56 Å². The molecule has 1 aliphatic rings. The number of anilines is 1. The van der Waals surface area contributed by atoms with Gasteiger partial charge in [0.1, 0.15) is 0 Å². The minimum absolute atomic E-state index is 0.0506. The molecular formula is C16H19F3N2O2. The smallest absolute Gasteiger partial charge is 0.335 e. The van der Waals surface area contributed by atoms with Gasteiger partial charge in [-0.2, -0.15) is 13.2 Å². The van der Waals surface area contributed by atoms with Crippen molar-refractivity contribution in [3.8, 4) is 0 Å². The maximum atomic E-state index is 12.5. The second kappa shape index (κ2) is 7.02. The largest absolute Gasteiger partial charge is 0.416 e. The third-order valence-corrected chi connectivity index (χ3v) is 4.11. The molecule has 1 N–H and O–H groups in total. The maximum absolute atomic E-state index is 12.5. The summed E-state index contributed by atoms with van der Waals surface area (Å²) in [5, 5.41) is 2.34. The van der Waals surface area contributed by atoms with E-state index in [-0.39, 0.29) is 11.7 Å². The van der Waals surface area contributed by atoms with E-state index in [1.807, 2.05) is 0 Å². The van der Waals surface area contributed by atoms with Crippen molar-refractivity contribution in [1.29, 1.82) is 0 Å². The van der Waals surface area contributed by atoms with Crippen LogP contribution in [0.15, 0.2) is 24.3 Å². The molecule has 23 heavy (non-hydrogen) atoms. The van der Waals surface area contributed by atoms with Gasteiger partial charge in [-0.3, -0.25) is 9.59 Å². The van der Waals surface area contributed by atoms with Crippen LogP contribution in [0.1, 0.15) is 37.7 Å². The van der Waals surface area contributed by atoms with Crippen molar-refractivity contribution >= 4 is 17.5 Å². The van der Waals surface area contributed by atoms with Crippen molar-refractivity contribution in [2.45, 2.75) is 44.3 Å². The van der Waals surface area contributed by atoms with Crippen molar-refractivity contribution in [3.05, 3.63) is 29.8 Å². The summed E-state index contributed by atoms with van der Waals surface area (Å²) in [6, 6.07) is 4.05. The summed E-state index contributed by atoms with van der Waals surface area (Å²) in [4.78, 5) is 25.5. The van der Waals surface area contributed by atoms with Crippen LogP contribution in [0.5, 0.6) is 0 Å². The van der Waals surface area contributed by atoms with E-state index >= 15 is 0 Å². The lowest BCUT2D eigenvalue weighted by atomic mass is 9.94. The van der Waals surface area contributed by atoms with E-state index < -0.39 is 23.6 Å². The Labute approximate surface area is 132 Å². The van der Waals surface area contributed by atoms with E-state index in [2.05, 4.69) is 5.32 Å². The number of hydrogen-bond donors (Lipinski definition) is 1. The summed E-state index contributed by atoms with van der Waals surface area (Å²) in [6.45, 7) is 0. The third-order valence-electron chi connectivity index (χ3n) is 4.11. The summed E-state index contributed by atoms with van der Waals surface area (Å²) in [6.07, 6.45) is 0.507. The van der Waals surface area contributed by atoms with Gasteiger partial charge in [-0.15, -0.1) is 0 Å². The normalized spacial score (nSPS) is 16.0. The first-order chi connectivity index (χ1) is 10.8. The molecule has 1 aliphatic carbocycles. The van der Waals surface area contributed by atoms with E-state index in [9.17, 15) is 22.8 Å². The Morgan fingerprint density at radius 2 is 1.65 bits per heavy atom. The van der Waals surface area contributed by atoms with Crippen molar-refractivity contribution in [1.82, 2.24) is 4.90 Å². The molecule has 0 aliphatic heterocycles. The predicted molar refractivity (Wildman–Crippen MR) is 79.7 cm³/mol. The summed E-state index contributed by atoms with van der Waals surface area (Å²) < 4.78 is 37.4. The minimum atomic E-state index is -4.43. The standard InChI is InChI=1S/C16H19F3N2O2/c1-21(13-5-3-2-4-6-13)15(23)14(22)20-12-9-7-11(8-10-12)16(17,18)19/h7-10,13H,2-6H2,1H3,(H,20,22). The fourth-order valence-corrected chi connectivity index (χ4v) is 2.72. The Balaban J connectivity index is 1.96. The molecule has 0 bridgehead atoms. The highest BCUT2D eigenvalue weighted by Crippen LogP contribution is 2.29. The fraction of sp³-hybridized carbons (Fsp3) is 0.500. The number of rotatable bonds is 2. The molecule has 0 unspecified atom stereocenters. The predicted octanol–water partition coefficient (Wildman–Crippen LogP) is 3.44. The molecule has 0 atom stereocenters. The Hall–Kier alpha value is -2.05. The van der Waals surface area contributed by atoms with Crippen molar-refractivity contribution in [2.24, 2.45) is 0 Å². The zero-order valence-corrected chi connectivity index (χ0v) is 12.8. The quantitative estimate of drug-likeness (QED) is 0.846. The zero-order chi connectivity index (χ0) is 17.0. The molecule has 1 aromatic rings. The summed E-state index contributed by atoms with van der Waals surface area (Å²) in [5.41, 5.74) is -0.644. The average molecular weight is 328 g/mol. The SMILES string of the molecule is CN(C(=O)C(=O)Nc1ccc(C(F)(F)F)cc1)C1CCCCC1. The first-order valence-electron chi connectivity index (χ1n) is 7.54. The number of hydrogen-bond acceptors (Lipinski definition) is 2. The number of likely N-dealkylation sites (N-methyl/N-ethyl adjacent to an activating group) is 1. The van der Waals surface area contributed by atoms with Crippen LogP contribution in [0.2, 0.25) is 0 Å². The topological polar surface area (TPSA) is 49.4 Å². The van der Waals surface area contributed by atoms with Crippen LogP contribution >= 0.6 is 0 Å². The monoisotopic (exact) mass is 328 g/mol. The Kier molecular flexibility index (Phi) is 5.28. The van der Waals surface area contributed by atoms with Gasteiger partial charge < -0.3 is 10.2 Å². The molecule has 7 heteroatoms. The van der Waals surface area contributed by atoms with Gasteiger partial charge in [-0.1, -0.05) is 19.3 Å². The van der Waals surface area contributed by atoms with Crippen LogP contribution in [0.3, 0.4) is 0 Å². The van der Waals surface area contributed by atoms with Gasteiger partial charge in [0.25, 0.3) is 0 Å². The van der Waals surface area contributed by atoms with Crippen molar-refractivity contribution < 1.29 is 22.8 Å². The van der Waals surface area contributed by atoms with Gasteiger partial charge in [-0.25, -0.2) is 0 Å². The fourth-order valence-electron chi connectivity index (χ4n) is 2.72. The second-order valence-corrected chi connectivity index (χ2v) is 5.74. The first kappa shape index (κ1) is 17.3. The van der Waals surface area contributed by atoms with Gasteiger partial charge in [-0.05, 0) is 37.1 Å². The van der Waals surface area contributed by atoms with Crippen LogP contribution in [0, 0.1) is 0 Å². The van der Waals surface area contributed by atoms with Crippen LogP contribution < -0.4 is 5.32 Å². The van der Waals surface area contributed by atoms with Gasteiger partial charge in [0.15, 0.2) is 0 Å². The van der Waals surface area contributed by atoms with Crippen LogP contribution in [-0.4, -0.2) is 29.8 Å². The highest BCUT2D eigenvalue weighted by Gasteiger charge is 2.30. The molecule has 0 radical (unpaired) electrons. The number of carbonyl (C=O) groups excluding carboxylic acids is 2. The highest BCUT2D eigenvalue weighted by atomic mass is 19.4. The number of carbonyl (C=O) groups is 2. The Morgan fingerprint density at radius 3 is 2.17 bits per heavy atom. The van der Waals surface area contributed by atoms with Crippen LogP contribution in [0.4, 0.5) is 18.9 Å². The lowest BCUT2D eigenvalue weighted by Crippen LogP contribution is -2.44. The second-order valence-electron chi connectivity index (χ2n) is 5.74. The van der Waals surface area contributed by atoms with E-state index in [1.54, 1.807) is 7.05 Å². The average Bonchev–Trinajstić information content (AvgIpc) is 2.54. The molecular weight excluding hydrogens is 309 g/mol. The molecule has 1 aromatic carbocycles. The summed E-state index contributed by atoms with van der Waals surface area (Å²) in [5.74, 6) is -1.50. The van der Waals surface area contributed by atoms with Gasteiger partial charge >= 0.3 is 18.0 Å². The third kappa shape index (κ3) is 4.46. The number of amides is 2. The lowest BCUT2D eigenvalue weighted by Gasteiger charge is -2.30. The molecule has 2 rings (SSSR count). The molecule has 1 fully saturated rings. The van der Waals surface area contributed by atoms with Gasteiger partial charge in [0.2, 0.25) is 0 Å². The molecule has 0 saturated heterocycles. The Bertz CT molecular complexity index is 564. The molecule has 4 nitrogen and oxygen atoms in total. The number of benzene rings is 1.